The van der Waals surface area contributed by atoms with Gasteiger partial charge in [0.05, 0.1) is 5.92 Å². The maximum Gasteiger partial charge on any atom is 0.205 e. The molecule has 2 N–H and O–H groups in total. The van der Waals surface area contributed by atoms with E-state index in [4.69, 9.17) is 14.9 Å². The summed E-state index contributed by atoms with van der Waals surface area (Å²) in [6.45, 7) is 4.04. The lowest BCUT2D eigenvalue weighted by molar-refractivity contribution is -0.119. The van der Waals surface area contributed by atoms with E-state index >= 15 is 0 Å². The number of nitrogens with zero attached hydrogens (tertiary/aromatic N) is 1. The van der Waals surface area contributed by atoms with Crippen LogP contribution in [0, 0.1) is 16.7 Å². The molecular formula is C22H20N2O3. The highest BCUT2D eigenvalue weighted by molar-refractivity contribution is 5.99. The highest BCUT2D eigenvalue weighted by atomic mass is 16.5. The number of allylic oxidation sites excluding steroid dienone is 3. The van der Waals surface area contributed by atoms with Crippen molar-refractivity contribution in [3.05, 3.63) is 71.0 Å². The van der Waals surface area contributed by atoms with Gasteiger partial charge >= 0.3 is 0 Å². The van der Waals surface area contributed by atoms with Crippen LogP contribution in [0.1, 0.15) is 38.4 Å². The number of nitriles is 1. The summed E-state index contributed by atoms with van der Waals surface area (Å²) in [5.74, 6) is 1.15. The average molecular weight is 360 g/mol. The van der Waals surface area contributed by atoms with Crippen molar-refractivity contribution in [3.8, 4) is 17.4 Å². The summed E-state index contributed by atoms with van der Waals surface area (Å²) in [5.41, 5.74) is 7.46. The van der Waals surface area contributed by atoms with Crippen molar-refractivity contribution in [1.29, 1.82) is 5.26 Å². The molecule has 5 heteroatoms. The minimum atomic E-state index is -0.625. The summed E-state index contributed by atoms with van der Waals surface area (Å²) < 4.78 is 11.8. The number of ether oxygens (including phenoxy) is 1. The third-order valence-electron chi connectivity index (χ3n) is 5.05. The van der Waals surface area contributed by atoms with Gasteiger partial charge in [0.25, 0.3) is 0 Å². The van der Waals surface area contributed by atoms with Crippen LogP contribution in [0.15, 0.2) is 69.7 Å². The number of hydrogen-bond acceptors (Lipinski definition) is 5. The first kappa shape index (κ1) is 17.2. The second kappa shape index (κ2) is 6.17. The van der Waals surface area contributed by atoms with E-state index in [0.717, 1.165) is 5.56 Å². The molecule has 1 atom stereocenters. The molecule has 0 saturated carbocycles. The van der Waals surface area contributed by atoms with Crippen LogP contribution in [0.25, 0.3) is 11.3 Å². The molecule has 1 unspecified atom stereocenters. The molecule has 4 rings (SSSR count). The van der Waals surface area contributed by atoms with E-state index in [2.05, 4.69) is 6.07 Å². The number of nitrogens with two attached hydrogens (primary N) is 1. The molecule has 0 radical (unpaired) electrons. The second-order valence-electron chi connectivity index (χ2n) is 7.77. The third kappa shape index (κ3) is 2.93. The van der Waals surface area contributed by atoms with Gasteiger partial charge in [0.15, 0.2) is 5.78 Å². The predicted octanol–water partition coefficient (Wildman–Crippen LogP) is 4.40. The van der Waals surface area contributed by atoms with Crippen LogP contribution in [-0.2, 0) is 9.53 Å². The molecule has 0 spiro atoms. The monoisotopic (exact) mass is 360 g/mol. The van der Waals surface area contributed by atoms with E-state index in [1.54, 1.807) is 6.07 Å². The zero-order valence-electron chi connectivity index (χ0n) is 15.3. The van der Waals surface area contributed by atoms with Gasteiger partial charge in [-0.3, -0.25) is 4.79 Å². The van der Waals surface area contributed by atoms with Crippen LogP contribution >= 0.6 is 0 Å². The first-order chi connectivity index (χ1) is 12.9. The van der Waals surface area contributed by atoms with Gasteiger partial charge in [0.1, 0.15) is 28.9 Å². The van der Waals surface area contributed by atoms with Crippen molar-refractivity contribution in [1.82, 2.24) is 0 Å². The summed E-state index contributed by atoms with van der Waals surface area (Å²) in [4.78, 5) is 12.9. The van der Waals surface area contributed by atoms with Gasteiger partial charge in [0.2, 0.25) is 5.88 Å². The number of carbonyl (C=O) groups excluding carboxylic acids is 1. The Kier molecular flexibility index (Phi) is 3.92. The molecule has 136 valence electrons. The van der Waals surface area contributed by atoms with Gasteiger partial charge in [-0.25, -0.2) is 0 Å². The quantitative estimate of drug-likeness (QED) is 0.857. The minimum absolute atomic E-state index is 0.0239. The zero-order chi connectivity index (χ0) is 19.2. The van der Waals surface area contributed by atoms with E-state index in [0.29, 0.717) is 35.7 Å². The molecule has 1 aliphatic carbocycles. The Morgan fingerprint density at radius 2 is 1.89 bits per heavy atom. The Bertz CT molecular complexity index is 1020. The molecule has 1 aromatic carbocycles. The van der Waals surface area contributed by atoms with Gasteiger partial charge < -0.3 is 14.9 Å². The molecular weight excluding hydrogens is 340 g/mol. The fourth-order valence-corrected chi connectivity index (χ4v) is 3.83. The standard InChI is InChI=1S/C22H20N2O3/c1-22(2)10-15(25)20-18(11-22)27-21(24)14(12-23)19(20)17-9-8-16(26-17)13-6-4-3-5-7-13/h3-9,19H,10-11,24H2,1-2H3. The number of hydrogen-bond donors (Lipinski definition) is 1. The van der Waals surface area contributed by atoms with Gasteiger partial charge in [-0.2, -0.15) is 5.26 Å². The Balaban J connectivity index is 1.83. The molecule has 2 heterocycles. The lowest BCUT2D eigenvalue weighted by Gasteiger charge is -2.36. The molecule has 1 aromatic heterocycles. The molecule has 2 aromatic rings. The number of Topliss-reactive ketones (excluding diaryl/α,β-unsaturated/α-hetero) is 1. The summed E-state index contributed by atoms with van der Waals surface area (Å²) in [5, 5.41) is 9.65. The van der Waals surface area contributed by atoms with Crippen molar-refractivity contribution in [2.75, 3.05) is 0 Å². The van der Waals surface area contributed by atoms with E-state index < -0.39 is 5.92 Å². The van der Waals surface area contributed by atoms with Gasteiger partial charge in [-0.1, -0.05) is 44.2 Å². The van der Waals surface area contributed by atoms with Crippen LogP contribution in [0.5, 0.6) is 0 Å². The van der Waals surface area contributed by atoms with Crippen LogP contribution < -0.4 is 5.73 Å². The second-order valence-corrected chi connectivity index (χ2v) is 7.77. The molecule has 0 saturated heterocycles. The number of rotatable bonds is 2. The lowest BCUT2D eigenvalue weighted by atomic mass is 9.71. The van der Waals surface area contributed by atoms with Crippen molar-refractivity contribution in [2.24, 2.45) is 11.1 Å². The van der Waals surface area contributed by atoms with E-state index in [-0.39, 0.29) is 22.7 Å². The fourth-order valence-electron chi connectivity index (χ4n) is 3.83. The first-order valence-corrected chi connectivity index (χ1v) is 8.88. The summed E-state index contributed by atoms with van der Waals surface area (Å²) in [6.07, 6.45) is 0.993. The Morgan fingerprint density at radius 1 is 1.15 bits per heavy atom. The predicted molar refractivity (Wildman–Crippen MR) is 99.8 cm³/mol. The molecule has 0 amide bonds. The number of furan rings is 1. The zero-order valence-corrected chi connectivity index (χ0v) is 15.3. The van der Waals surface area contributed by atoms with Gasteiger partial charge in [-0.05, 0) is 17.5 Å². The maximum absolute atomic E-state index is 12.9. The molecule has 27 heavy (non-hydrogen) atoms. The van der Waals surface area contributed by atoms with Crippen LogP contribution in [0.2, 0.25) is 0 Å². The third-order valence-corrected chi connectivity index (χ3v) is 5.05. The molecule has 0 fully saturated rings. The normalized spacial score (nSPS) is 21.5. The lowest BCUT2D eigenvalue weighted by Crippen LogP contribution is -2.33. The fraction of sp³-hybridized carbons (Fsp3) is 0.273. The van der Waals surface area contributed by atoms with Crippen LogP contribution in [0.4, 0.5) is 0 Å². The van der Waals surface area contributed by atoms with Crippen LogP contribution in [0.3, 0.4) is 0 Å². The number of benzene rings is 1. The van der Waals surface area contributed by atoms with Crippen molar-refractivity contribution >= 4 is 5.78 Å². The highest BCUT2D eigenvalue weighted by Gasteiger charge is 2.44. The SMILES string of the molecule is CC1(C)CC(=O)C2=C(C1)OC(N)=C(C#N)C2c1ccc(-c2ccccc2)o1. The number of carbonyl (C=O) groups is 1. The minimum Gasteiger partial charge on any atom is -0.460 e. The summed E-state index contributed by atoms with van der Waals surface area (Å²) >= 11 is 0. The highest BCUT2D eigenvalue weighted by Crippen LogP contribution is 2.48. The first-order valence-electron chi connectivity index (χ1n) is 8.88. The largest absolute Gasteiger partial charge is 0.460 e. The van der Waals surface area contributed by atoms with E-state index in [1.165, 1.54) is 0 Å². The molecule has 0 bridgehead atoms. The number of ketones is 1. The smallest absolute Gasteiger partial charge is 0.205 e. The van der Waals surface area contributed by atoms with Gasteiger partial charge in [0, 0.05) is 24.0 Å². The summed E-state index contributed by atoms with van der Waals surface area (Å²) in [6, 6.07) is 15.4. The Morgan fingerprint density at radius 3 is 2.59 bits per heavy atom. The maximum atomic E-state index is 12.9. The van der Waals surface area contributed by atoms with Crippen LogP contribution in [-0.4, -0.2) is 5.78 Å². The molecule has 2 aliphatic rings. The van der Waals surface area contributed by atoms with Crippen molar-refractivity contribution in [2.45, 2.75) is 32.6 Å². The summed E-state index contributed by atoms with van der Waals surface area (Å²) in [7, 11) is 0. The van der Waals surface area contributed by atoms with Gasteiger partial charge in [-0.15, -0.1) is 0 Å². The Hall–Kier alpha value is -3.26. The Labute approximate surface area is 157 Å². The molecule has 1 aliphatic heterocycles. The van der Waals surface area contributed by atoms with Crippen molar-refractivity contribution in [3.63, 3.8) is 0 Å². The van der Waals surface area contributed by atoms with E-state index in [1.807, 2.05) is 50.2 Å². The average Bonchev–Trinajstić information content (AvgIpc) is 3.10. The molecule has 5 nitrogen and oxygen atoms in total. The van der Waals surface area contributed by atoms with Crippen molar-refractivity contribution < 1.29 is 13.9 Å². The van der Waals surface area contributed by atoms with E-state index in [9.17, 15) is 10.1 Å². The topological polar surface area (TPSA) is 89.2 Å².